The number of rotatable bonds is 12. The number of hydrogen-bond donors (Lipinski definition) is 3. The van der Waals surface area contributed by atoms with E-state index in [0.717, 1.165) is 43.4 Å². The Balaban J connectivity index is 1.63. The quantitative estimate of drug-likeness (QED) is 0.330. The van der Waals surface area contributed by atoms with Crippen LogP contribution < -0.4 is 0 Å². The third-order valence-corrected chi connectivity index (χ3v) is 7.66. The highest BCUT2D eigenvalue weighted by Crippen LogP contribution is 2.41. The Morgan fingerprint density at radius 1 is 0.862 bits per heavy atom. The van der Waals surface area contributed by atoms with E-state index in [1.807, 2.05) is 0 Å². The van der Waals surface area contributed by atoms with Crippen molar-refractivity contribution in [2.75, 3.05) is 19.8 Å². The lowest BCUT2D eigenvalue weighted by Gasteiger charge is -2.37. The van der Waals surface area contributed by atoms with Crippen LogP contribution in [0.1, 0.15) is 96.8 Å². The van der Waals surface area contributed by atoms with Crippen LogP contribution in [-0.2, 0) is 9.53 Å². The first-order valence-electron chi connectivity index (χ1n) is 12.1. The van der Waals surface area contributed by atoms with Crippen molar-refractivity contribution in [3.8, 4) is 0 Å². The van der Waals surface area contributed by atoms with Crippen LogP contribution in [0.4, 0.5) is 0 Å². The predicted octanol–water partition coefficient (Wildman–Crippen LogP) is 4.22. The highest BCUT2D eigenvalue weighted by Gasteiger charge is 2.33. The van der Waals surface area contributed by atoms with Gasteiger partial charge in [-0.05, 0) is 62.7 Å². The fourth-order valence-electron chi connectivity index (χ4n) is 5.31. The van der Waals surface area contributed by atoms with Crippen LogP contribution in [0.5, 0.6) is 0 Å². The SMILES string of the molecule is CCCCCC1CCC(C2CCC(OC(=O)CCC(CO)(CO)CO)CC2)CC1. The molecule has 5 heteroatoms. The van der Waals surface area contributed by atoms with Crippen molar-refractivity contribution in [3.63, 3.8) is 0 Å². The molecule has 0 radical (unpaired) electrons. The molecule has 0 saturated heterocycles. The van der Waals surface area contributed by atoms with E-state index in [1.165, 1.54) is 51.4 Å². The zero-order valence-corrected chi connectivity index (χ0v) is 18.5. The molecule has 2 aliphatic rings. The van der Waals surface area contributed by atoms with Gasteiger partial charge in [0.05, 0.1) is 19.8 Å². The van der Waals surface area contributed by atoms with Crippen molar-refractivity contribution in [1.82, 2.24) is 0 Å². The lowest BCUT2D eigenvalue weighted by Crippen LogP contribution is -2.35. The molecule has 2 rings (SSSR count). The molecule has 5 nitrogen and oxygen atoms in total. The minimum atomic E-state index is -0.994. The Labute approximate surface area is 177 Å². The van der Waals surface area contributed by atoms with Gasteiger partial charge >= 0.3 is 5.97 Å². The van der Waals surface area contributed by atoms with Crippen molar-refractivity contribution in [2.45, 2.75) is 103 Å². The van der Waals surface area contributed by atoms with Gasteiger partial charge in [-0.15, -0.1) is 0 Å². The topological polar surface area (TPSA) is 87.0 Å². The van der Waals surface area contributed by atoms with Gasteiger partial charge in [-0.1, -0.05) is 45.4 Å². The molecule has 0 aliphatic heterocycles. The Morgan fingerprint density at radius 2 is 1.41 bits per heavy atom. The molecular weight excluding hydrogens is 368 g/mol. The highest BCUT2D eigenvalue weighted by molar-refractivity contribution is 5.69. The summed E-state index contributed by atoms with van der Waals surface area (Å²) in [5.74, 6) is 2.35. The second kappa shape index (κ2) is 12.9. The number of ether oxygens (including phenoxy) is 1. The minimum Gasteiger partial charge on any atom is -0.462 e. The Bertz CT molecular complexity index is 438. The maximum absolute atomic E-state index is 12.2. The first kappa shape index (κ1) is 24.6. The van der Waals surface area contributed by atoms with Crippen LogP contribution in [0.2, 0.25) is 0 Å². The number of carbonyl (C=O) groups excluding carboxylic acids is 1. The highest BCUT2D eigenvalue weighted by atomic mass is 16.5. The summed E-state index contributed by atoms with van der Waals surface area (Å²) in [7, 11) is 0. The molecule has 0 amide bonds. The molecule has 0 bridgehead atoms. The molecule has 2 saturated carbocycles. The van der Waals surface area contributed by atoms with Gasteiger partial charge in [0, 0.05) is 11.8 Å². The summed E-state index contributed by atoms with van der Waals surface area (Å²) in [6.07, 6.45) is 15.7. The summed E-state index contributed by atoms with van der Waals surface area (Å²) in [5.41, 5.74) is -0.994. The van der Waals surface area contributed by atoms with Crippen LogP contribution in [0.3, 0.4) is 0 Å². The Morgan fingerprint density at radius 3 is 1.93 bits per heavy atom. The molecule has 0 aromatic carbocycles. The van der Waals surface area contributed by atoms with Gasteiger partial charge in [-0.25, -0.2) is 0 Å². The Hall–Kier alpha value is -0.650. The summed E-state index contributed by atoms with van der Waals surface area (Å²) >= 11 is 0. The van der Waals surface area contributed by atoms with Gasteiger partial charge in [0.15, 0.2) is 0 Å². The first-order valence-corrected chi connectivity index (χ1v) is 12.1. The first-order chi connectivity index (χ1) is 14.1. The summed E-state index contributed by atoms with van der Waals surface area (Å²) in [6.45, 7) is 1.27. The third-order valence-electron chi connectivity index (χ3n) is 7.66. The van der Waals surface area contributed by atoms with Crippen LogP contribution in [0.25, 0.3) is 0 Å². The van der Waals surface area contributed by atoms with E-state index in [-0.39, 0.29) is 44.7 Å². The van der Waals surface area contributed by atoms with Crippen molar-refractivity contribution in [2.24, 2.45) is 23.2 Å². The molecule has 0 aromatic heterocycles. The van der Waals surface area contributed by atoms with Gasteiger partial charge in [0.1, 0.15) is 6.10 Å². The fourth-order valence-corrected chi connectivity index (χ4v) is 5.31. The molecule has 3 N–H and O–H groups in total. The van der Waals surface area contributed by atoms with Crippen molar-refractivity contribution in [3.05, 3.63) is 0 Å². The monoisotopic (exact) mass is 412 g/mol. The fraction of sp³-hybridized carbons (Fsp3) is 0.958. The number of esters is 1. The lowest BCUT2D eigenvalue weighted by atomic mass is 9.70. The van der Waals surface area contributed by atoms with Crippen LogP contribution >= 0.6 is 0 Å². The molecule has 0 spiro atoms. The Kier molecular flexibility index (Phi) is 11.0. The van der Waals surface area contributed by atoms with Crippen molar-refractivity contribution >= 4 is 5.97 Å². The zero-order valence-electron chi connectivity index (χ0n) is 18.5. The van der Waals surface area contributed by atoms with Gasteiger partial charge in [0.2, 0.25) is 0 Å². The second-order valence-electron chi connectivity index (χ2n) is 9.78. The van der Waals surface area contributed by atoms with E-state index < -0.39 is 5.41 Å². The van der Waals surface area contributed by atoms with Gasteiger partial charge in [-0.3, -0.25) is 4.79 Å². The standard InChI is InChI=1S/C24H44O5/c1-2-3-4-5-19-6-8-20(9-7-19)21-10-12-22(13-11-21)29-23(28)14-15-24(16-25,17-26)18-27/h19-22,25-27H,2-18H2,1H3. The van der Waals surface area contributed by atoms with E-state index in [2.05, 4.69) is 6.92 Å². The number of unbranched alkanes of at least 4 members (excludes halogenated alkanes) is 2. The molecule has 170 valence electrons. The van der Waals surface area contributed by atoms with E-state index in [0.29, 0.717) is 0 Å². The normalized spacial score (nSPS) is 28.3. The second-order valence-corrected chi connectivity index (χ2v) is 9.78. The number of aliphatic hydroxyl groups excluding tert-OH is 3. The van der Waals surface area contributed by atoms with Gasteiger partial charge in [-0.2, -0.15) is 0 Å². The van der Waals surface area contributed by atoms with Crippen molar-refractivity contribution < 1.29 is 24.9 Å². The summed E-state index contributed by atoms with van der Waals surface area (Å²) in [5, 5.41) is 28.1. The van der Waals surface area contributed by atoms with Crippen LogP contribution in [-0.4, -0.2) is 47.2 Å². The van der Waals surface area contributed by atoms with Crippen molar-refractivity contribution in [1.29, 1.82) is 0 Å². The van der Waals surface area contributed by atoms with Crippen LogP contribution in [0.15, 0.2) is 0 Å². The smallest absolute Gasteiger partial charge is 0.306 e. The van der Waals surface area contributed by atoms with Gasteiger partial charge in [0.25, 0.3) is 0 Å². The summed E-state index contributed by atoms with van der Waals surface area (Å²) in [6, 6.07) is 0. The number of hydrogen-bond acceptors (Lipinski definition) is 5. The maximum atomic E-state index is 12.2. The minimum absolute atomic E-state index is 0.0101. The molecule has 0 unspecified atom stereocenters. The molecular formula is C24H44O5. The molecule has 29 heavy (non-hydrogen) atoms. The molecule has 0 atom stereocenters. The summed E-state index contributed by atoms with van der Waals surface area (Å²) < 4.78 is 5.64. The molecule has 0 aromatic rings. The van der Waals surface area contributed by atoms with Gasteiger partial charge < -0.3 is 20.1 Å². The maximum Gasteiger partial charge on any atom is 0.306 e. The third kappa shape index (κ3) is 7.84. The lowest BCUT2D eigenvalue weighted by molar-refractivity contribution is -0.152. The van der Waals surface area contributed by atoms with E-state index >= 15 is 0 Å². The van der Waals surface area contributed by atoms with E-state index in [9.17, 15) is 20.1 Å². The predicted molar refractivity (Wildman–Crippen MR) is 114 cm³/mol. The average molecular weight is 413 g/mol. The van der Waals surface area contributed by atoms with E-state index in [1.54, 1.807) is 0 Å². The molecule has 0 heterocycles. The van der Waals surface area contributed by atoms with E-state index in [4.69, 9.17) is 4.74 Å². The summed E-state index contributed by atoms with van der Waals surface area (Å²) in [4.78, 5) is 12.2. The number of aliphatic hydroxyl groups is 3. The molecule has 2 fully saturated rings. The number of carbonyl (C=O) groups is 1. The van der Waals surface area contributed by atoms with Crippen LogP contribution in [0, 0.1) is 23.2 Å². The largest absolute Gasteiger partial charge is 0.462 e. The molecule has 2 aliphatic carbocycles. The zero-order chi connectivity index (χ0) is 21.1. The average Bonchev–Trinajstić information content (AvgIpc) is 2.76.